The predicted octanol–water partition coefficient (Wildman–Crippen LogP) is 2.92. The van der Waals surface area contributed by atoms with E-state index in [1.165, 1.54) is 0 Å². The molecule has 0 radical (unpaired) electrons. The van der Waals surface area contributed by atoms with Crippen molar-refractivity contribution >= 4 is 27.5 Å². The van der Waals surface area contributed by atoms with E-state index in [-0.39, 0.29) is 17.9 Å². The Morgan fingerprint density at radius 1 is 1.33 bits per heavy atom. The van der Waals surface area contributed by atoms with Crippen LogP contribution in [0, 0.1) is 5.92 Å². The number of benzene rings is 1. The number of hydrogen-bond donors (Lipinski definition) is 2. The Bertz CT molecular complexity index is 522. The fraction of sp³-hybridized carbons (Fsp3) is 0.533. The summed E-state index contributed by atoms with van der Waals surface area (Å²) in [5, 5.41) is 2.91. The summed E-state index contributed by atoms with van der Waals surface area (Å²) < 4.78 is 11.2. The van der Waals surface area contributed by atoms with Gasteiger partial charge in [0.2, 0.25) is 5.91 Å². The molecule has 6 heteroatoms. The van der Waals surface area contributed by atoms with Gasteiger partial charge in [-0.1, -0.05) is 6.42 Å². The number of nitrogens with two attached hydrogens (primary N) is 1. The maximum Gasteiger partial charge on any atom is 0.224 e. The van der Waals surface area contributed by atoms with Crippen LogP contribution in [0.5, 0.6) is 11.5 Å². The van der Waals surface area contributed by atoms with Gasteiger partial charge in [0.25, 0.3) is 0 Å². The molecule has 0 saturated heterocycles. The Morgan fingerprint density at radius 3 is 2.57 bits per heavy atom. The fourth-order valence-electron chi connectivity index (χ4n) is 2.71. The van der Waals surface area contributed by atoms with Gasteiger partial charge in [0.05, 0.1) is 19.9 Å². The van der Waals surface area contributed by atoms with Crippen LogP contribution in [0.2, 0.25) is 0 Å². The van der Waals surface area contributed by atoms with Crippen molar-refractivity contribution < 1.29 is 14.3 Å². The Kier molecular flexibility index (Phi) is 5.47. The molecular formula is C15H21BrN2O3. The lowest BCUT2D eigenvalue weighted by molar-refractivity contribution is -0.117. The highest BCUT2D eigenvalue weighted by molar-refractivity contribution is 9.10. The second-order valence-corrected chi connectivity index (χ2v) is 6.15. The normalized spacial score (nSPS) is 21.1. The molecule has 0 aromatic heterocycles. The van der Waals surface area contributed by atoms with Crippen molar-refractivity contribution in [2.45, 2.75) is 31.7 Å². The summed E-state index contributed by atoms with van der Waals surface area (Å²) >= 11 is 3.43. The van der Waals surface area contributed by atoms with Gasteiger partial charge in [-0.2, -0.15) is 0 Å². The second-order valence-electron chi connectivity index (χ2n) is 5.29. The van der Waals surface area contributed by atoms with Crippen LogP contribution in [0.3, 0.4) is 0 Å². The van der Waals surface area contributed by atoms with E-state index in [0.29, 0.717) is 23.6 Å². The molecule has 1 aromatic carbocycles. The molecule has 116 valence electrons. The third kappa shape index (κ3) is 3.89. The average Bonchev–Trinajstić information content (AvgIpc) is 2.85. The van der Waals surface area contributed by atoms with Crippen LogP contribution >= 0.6 is 15.9 Å². The number of hydrogen-bond acceptors (Lipinski definition) is 4. The van der Waals surface area contributed by atoms with E-state index in [4.69, 9.17) is 15.2 Å². The molecule has 1 aliphatic carbocycles. The summed E-state index contributed by atoms with van der Waals surface area (Å²) in [4.78, 5) is 12.2. The summed E-state index contributed by atoms with van der Waals surface area (Å²) in [6.45, 7) is 0. The highest BCUT2D eigenvalue weighted by Gasteiger charge is 2.26. The zero-order valence-electron chi connectivity index (χ0n) is 12.3. The third-order valence-corrected chi connectivity index (χ3v) is 4.57. The smallest absolute Gasteiger partial charge is 0.224 e. The monoisotopic (exact) mass is 356 g/mol. The molecule has 5 nitrogen and oxygen atoms in total. The number of nitrogens with one attached hydrogen (secondary N) is 1. The molecule has 2 rings (SSSR count). The lowest BCUT2D eigenvalue weighted by Gasteiger charge is -2.16. The Balaban J connectivity index is 2.06. The first-order valence-electron chi connectivity index (χ1n) is 7.02. The van der Waals surface area contributed by atoms with E-state index in [1.807, 2.05) is 0 Å². The number of halogens is 1. The summed E-state index contributed by atoms with van der Waals surface area (Å²) in [5.74, 6) is 1.45. The van der Waals surface area contributed by atoms with E-state index >= 15 is 0 Å². The van der Waals surface area contributed by atoms with Gasteiger partial charge in [-0.3, -0.25) is 4.79 Å². The molecule has 2 atom stereocenters. The average molecular weight is 357 g/mol. The molecule has 1 saturated carbocycles. The molecular weight excluding hydrogens is 336 g/mol. The van der Waals surface area contributed by atoms with Crippen LogP contribution in [-0.4, -0.2) is 26.2 Å². The number of ether oxygens (including phenoxy) is 2. The van der Waals surface area contributed by atoms with Crippen LogP contribution in [-0.2, 0) is 4.79 Å². The minimum Gasteiger partial charge on any atom is -0.493 e. The number of carbonyl (C=O) groups excluding carboxylic acids is 1. The van der Waals surface area contributed by atoms with E-state index in [9.17, 15) is 4.79 Å². The number of amides is 1. The molecule has 21 heavy (non-hydrogen) atoms. The van der Waals surface area contributed by atoms with Crippen LogP contribution in [0.15, 0.2) is 16.6 Å². The van der Waals surface area contributed by atoms with Crippen LogP contribution in [0.1, 0.15) is 25.7 Å². The standard InChI is InChI=1S/C15H21BrN2O3/c1-20-13-7-10(16)12(8-14(13)21-2)18-15(19)6-9-4-3-5-11(9)17/h7-9,11H,3-6,17H2,1-2H3,(H,18,19)/t9-,11+/m0/s1. The first kappa shape index (κ1) is 16.1. The van der Waals surface area contributed by atoms with Crippen molar-refractivity contribution in [2.75, 3.05) is 19.5 Å². The predicted molar refractivity (Wildman–Crippen MR) is 85.8 cm³/mol. The SMILES string of the molecule is COc1cc(Br)c(NC(=O)C[C@@H]2CCC[C@H]2N)cc1OC. The summed E-state index contributed by atoms with van der Waals surface area (Å²) in [5.41, 5.74) is 6.68. The molecule has 1 amide bonds. The molecule has 0 aliphatic heterocycles. The Morgan fingerprint density at radius 2 is 2.00 bits per heavy atom. The van der Waals surface area contributed by atoms with Gasteiger partial charge >= 0.3 is 0 Å². The maximum absolute atomic E-state index is 12.2. The van der Waals surface area contributed by atoms with Crippen molar-refractivity contribution in [3.63, 3.8) is 0 Å². The first-order chi connectivity index (χ1) is 10.0. The lowest BCUT2D eigenvalue weighted by atomic mass is 10.00. The van der Waals surface area contributed by atoms with Crippen LogP contribution in [0.4, 0.5) is 5.69 Å². The van der Waals surface area contributed by atoms with Gasteiger partial charge in [0.1, 0.15) is 0 Å². The van der Waals surface area contributed by atoms with Gasteiger partial charge in [-0.25, -0.2) is 0 Å². The summed E-state index contributed by atoms with van der Waals surface area (Å²) in [6, 6.07) is 3.66. The second kappa shape index (κ2) is 7.13. The van der Waals surface area contributed by atoms with Gasteiger partial charge in [0.15, 0.2) is 11.5 Å². The summed E-state index contributed by atoms with van der Waals surface area (Å²) in [6.07, 6.45) is 3.61. The minimum absolute atomic E-state index is 0.0229. The molecule has 0 heterocycles. The Hall–Kier alpha value is -1.27. The van der Waals surface area contributed by atoms with Crippen LogP contribution in [0.25, 0.3) is 0 Å². The number of rotatable bonds is 5. The van der Waals surface area contributed by atoms with E-state index < -0.39 is 0 Å². The van der Waals surface area contributed by atoms with Crippen molar-refractivity contribution in [3.8, 4) is 11.5 Å². The van der Waals surface area contributed by atoms with Crippen LogP contribution < -0.4 is 20.5 Å². The third-order valence-electron chi connectivity index (χ3n) is 3.91. The van der Waals surface area contributed by atoms with Gasteiger partial charge in [0, 0.05) is 29.1 Å². The molecule has 3 N–H and O–H groups in total. The van der Waals surface area contributed by atoms with Crippen molar-refractivity contribution in [3.05, 3.63) is 16.6 Å². The lowest BCUT2D eigenvalue weighted by Crippen LogP contribution is -2.28. The van der Waals surface area contributed by atoms with Gasteiger partial charge < -0.3 is 20.5 Å². The minimum atomic E-state index is -0.0229. The molecule has 0 spiro atoms. The molecule has 0 unspecified atom stereocenters. The van der Waals surface area contributed by atoms with E-state index in [2.05, 4.69) is 21.2 Å². The highest BCUT2D eigenvalue weighted by Crippen LogP contribution is 2.36. The number of carbonyl (C=O) groups is 1. The zero-order chi connectivity index (χ0) is 15.4. The highest BCUT2D eigenvalue weighted by atomic mass is 79.9. The first-order valence-corrected chi connectivity index (χ1v) is 7.81. The van der Waals surface area contributed by atoms with Crippen molar-refractivity contribution in [2.24, 2.45) is 11.7 Å². The largest absolute Gasteiger partial charge is 0.493 e. The number of methoxy groups -OCH3 is 2. The number of anilines is 1. The molecule has 1 fully saturated rings. The van der Waals surface area contributed by atoms with E-state index in [1.54, 1.807) is 26.4 Å². The van der Waals surface area contributed by atoms with Crippen molar-refractivity contribution in [1.29, 1.82) is 0 Å². The quantitative estimate of drug-likeness (QED) is 0.850. The fourth-order valence-corrected chi connectivity index (χ4v) is 3.13. The zero-order valence-corrected chi connectivity index (χ0v) is 13.9. The Labute approximate surface area is 133 Å². The van der Waals surface area contributed by atoms with Gasteiger partial charge in [-0.15, -0.1) is 0 Å². The molecule has 1 aromatic rings. The van der Waals surface area contributed by atoms with Gasteiger partial charge in [-0.05, 0) is 34.7 Å². The van der Waals surface area contributed by atoms with Crippen molar-refractivity contribution in [1.82, 2.24) is 0 Å². The molecule has 1 aliphatic rings. The topological polar surface area (TPSA) is 73.6 Å². The summed E-state index contributed by atoms with van der Waals surface area (Å²) in [7, 11) is 3.14. The van der Waals surface area contributed by atoms with E-state index in [0.717, 1.165) is 23.7 Å². The maximum atomic E-state index is 12.2. The molecule has 0 bridgehead atoms.